The van der Waals surface area contributed by atoms with Crippen LogP contribution >= 0.6 is 0 Å². The lowest BCUT2D eigenvalue weighted by Crippen LogP contribution is -2.61. The van der Waals surface area contributed by atoms with Crippen LogP contribution in [0, 0.1) is 11.3 Å². The summed E-state index contributed by atoms with van der Waals surface area (Å²) in [6.07, 6.45) is 1.46. The fourth-order valence-electron chi connectivity index (χ4n) is 2.04. The van der Waals surface area contributed by atoms with Crippen LogP contribution in [0.25, 0.3) is 0 Å². The SMILES string of the molecule is COC1CC(NCC(C)CO)C1(C)C. The normalized spacial score (nSPS) is 32.4. The Morgan fingerprint density at radius 1 is 1.57 bits per heavy atom. The van der Waals surface area contributed by atoms with E-state index in [4.69, 9.17) is 9.84 Å². The van der Waals surface area contributed by atoms with E-state index in [9.17, 15) is 0 Å². The Kier molecular flexibility index (Phi) is 3.93. The third-order valence-electron chi connectivity index (χ3n) is 3.49. The Morgan fingerprint density at radius 2 is 2.21 bits per heavy atom. The first-order valence-corrected chi connectivity index (χ1v) is 5.39. The summed E-state index contributed by atoms with van der Waals surface area (Å²) in [5, 5.41) is 12.4. The van der Waals surface area contributed by atoms with Gasteiger partial charge in [0.1, 0.15) is 0 Å². The van der Waals surface area contributed by atoms with Crippen LogP contribution in [-0.2, 0) is 4.74 Å². The van der Waals surface area contributed by atoms with Crippen LogP contribution < -0.4 is 5.32 Å². The van der Waals surface area contributed by atoms with Crippen molar-refractivity contribution in [2.45, 2.75) is 39.3 Å². The molecule has 14 heavy (non-hydrogen) atoms. The summed E-state index contributed by atoms with van der Waals surface area (Å²) in [5.41, 5.74) is 0.226. The average Bonchev–Trinajstić information content (AvgIpc) is 2.16. The maximum Gasteiger partial charge on any atom is 0.0652 e. The molecule has 0 saturated heterocycles. The fraction of sp³-hybridized carbons (Fsp3) is 1.00. The van der Waals surface area contributed by atoms with E-state index in [2.05, 4.69) is 19.2 Å². The summed E-state index contributed by atoms with van der Waals surface area (Å²) in [5.74, 6) is 0.340. The number of hydrogen-bond donors (Lipinski definition) is 2. The van der Waals surface area contributed by atoms with Crippen molar-refractivity contribution in [1.82, 2.24) is 5.32 Å². The van der Waals surface area contributed by atoms with Gasteiger partial charge in [-0.1, -0.05) is 20.8 Å². The van der Waals surface area contributed by atoms with Crippen LogP contribution in [0.15, 0.2) is 0 Å². The van der Waals surface area contributed by atoms with E-state index >= 15 is 0 Å². The van der Waals surface area contributed by atoms with E-state index in [1.54, 1.807) is 7.11 Å². The van der Waals surface area contributed by atoms with Gasteiger partial charge in [-0.05, 0) is 12.3 Å². The number of rotatable bonds is 5. The van der Waals surface area contributed by atoms with E-state index in [-0.39, 0.29) is 12.0 Å². The van der Waals surface area contributed by atoms with Gasteiger partial charge in [0.15, 0.2) is 0 Å². The van der Waals surface area contributed by atoms with E-state index in [0.29, 0.717) is 18.1 Å². The summed E-state index contributed by atoms with van der Waals surface area (Å²) in [6.45, 7) is 7.65. The molecule has 0 spiro atoms. The van der Waals surface area contributed by atoms with E-state index in [1.807, 2.05) is 6.92 Å². The van der Waals surface area contributed by atoms with Crippen molar-refractivity contribution >= 4 is 0 Å². The number of hydrogen-bond acceptors (Lipinski definition) is 3. The fourth-order valence-corrected chi connectivity index (χ4v) is 2.04. The van der Waals surface area contributed by atoms with Crippen LogP contribution in [0.1, 0.15) is 27.2 Å². The Labute approximate surface area is 86.8 Å². The van der Waals surface area contributed by atoms with Crippen molar-refractivity contribution in [3.05, 3.63) is 0 Å². The molecule has 0 amide bonds. The molecule has 0 bridgehead atoms. The third kappa shape index (κ3) is 2.27. The number of aliphatic hydroxyl groups excluding tert-OH is 1. The van der Waals surface area contributed by atoms with Gasteiger partial charge in [0.25, 0.3) is 0 Å². The smallest absolute Gasteiger partial charge is 0.0652 e. The van der Waals surface area contributed by atoms with Gasteiger partial charge in [0.05, 0.1) is 6.10 Å². The minimum atomic E-state index is 0.226. The molecule has 84 valence electrons. The Morgan fingerprint density at radius 3 is 2.64 bits per heavy atom. The lowest BCUT2D eigenvalue weighted by Gasteiger charge is -2.51. The molecular weight excluding hydrogens is 178 g/mol. The second-order valence-electron chi connectivity index (χ2n) is 5.03. The maximum absolute atomic E-state index is 8.90. The molecule has 1 aliphatic rings. The molecule has 2 N–H and O–H groups in total. The second kappa shape index (κ2) is 4.60. The Bertz CT molecular complexity index is 182. The van der Waals surface area contributed by atoms with Crippen molar-refractivity contribution in [2.24, 2.45) is 11.3 Å². The van der Waals surface area contributed by atoms with Gasteiger partial charge >= 0.3 is 0 Å². The molecule has 1 rings (SSSR count). The van der Waals surface area contributed by atoms with Crippen LogP contribution in [0.4, 0.5) is 0 Å². The molecule has 1 fully saturated rings. The highest BCUT2D eigenvalue weighted by Crippen LogP contribution is 2.42. The largest absolute Gasteiger partial charge is 0.396 e. The third-order valence-corrected chi connectivity index (χ3v) is 3.49. The lowest BCUT2D eigenvalue weighted by molar-refractivity contribution is -0.0982. The average molecular weight is 201 g/mol. The van der Waals surface area contributed by atoms with Gasteiger partial charge in [-0.15, -0.1) is 0 Å². The first kappa shape index (κ1) is 12.0. The quantitative estimate of drug-likeness (QED) is 0.698. The molecule has 3 atom stereocenters. The highest BCUT2D eigenvalue weighted by atomic mass is 16.5. The lowest BCUT2D eigenvalue weighted by atomic mass is 9.64. The van der Waals surface area contributed by atoms with Crippen molar-refractivity contribution in [1.29, 1.82) is 0 Å². The molecule has 1 aliphatic carbocycles. The van der Waals surface area contributed by atoms with E-state index in [0.717, 1.165) is 13.0 Å². The molecule has 0 aromatic heterocycles. The zero-order chi connectivity index (χ0) is 10.8. The van der Waals surface area contributed by atoms with Crippen molar-refractivity contribution in [2.75, 3.05) is 20.3 Å². The van der Waals surface area contributed by atoms with Crippen LogP contribution in [0.3, 0.4) is 0 Å². The van der Waals surface area contributed by atoms with Gasteiger partial charge < -0.3 is 15.2 Å². The van der Waals surface area contributed by atoms with E-state index in [1.165, 1.54) is 0 Å². The van der Waals surface area contributed by atoms with Gasteiger partial charge in [-0.2, -0.15) is 0 Å². The van der Waals surface area contributed by atoms with Gasteiger partial charge in [0.2, 0.25) is 0 Å². The molecule has 3 heteroatoms. The molecule has 0 heterocycles. The number of ether oxygens (including phenoxy) is 1. The molecule has 3 nitrogen and oxygen atoms in total. The van der Waals surface area contributed by atoms with Crippen molar-refractivity contribution in [3.8, 4) is 0 Å². The number of methoxy groups -OCH3 is 1. The monoisotopic (exact) mass is 201 g/mol. The Hall–Kier alpha value is -0.120. The predicted molar refractivity (Wildman–Crippen MR) is 57.2 cm³/mol. The van der Waals surface area contributed by atoms with Crippen molar-refractivity contribution in [3.63, 3.8) is 0 Å². The van der Waals surface area contributed by atoms with Crippen LogP contribution in [0.2, 0.25) is 0 Å². The second-order valence-corrected chi connectivity index (χ2v) is 5.03. The van der Waals surface area contributed by atoms with Gasteiger partial charge in [-0.25, -0.2) is 0 Å². The molecule has 1 saturated carbocycles. The molecule has 0 radical (unpaired) electrons. The molecule has 0 aliphatic heterocycles. The standard InChI is InChI=1S/C11H23NO2/c1-8(7-13)6-12-9-5-10(14-4)11(9,2)3/h8-10,12-13H,5-7H2,1-4H3. The molecule has 0 aromatic rings. The molecule has 0 aromatic carbocycles. The first-order chi connectivity index (χ1) is 6.52. The Balaban J connectivity index is 2.28. The minimum Gasteiger partial charge on any atom is -0.396 e. The highest BCUT2D eigenvalue weighted by molar-refractivity contribution is 5.02. The minimum absolute atomic E-state index is 0.226. The topological polar surface area (TPSA) is 41.5 Å². The zero-order valence-corrected chi connectivity index (χ0v) is 9.71. The van der Waals surface area contributed by atoms with E-state index < -0.39 is 0 Å². The summed E-state index contributed by atoms with van der Waals surface area (Å²) in [6, 6.07) is 0.529. The first-order valence-electron chi connectivity index (χ1n) is 5.39. The van der Waals surface area contributed by atoms with Crippen LogP contribution in [-0.4, -0.2) is 37.5 Å². The molecular formula is C11H23NO2. The van der Waals surface area contributed by atoms with Gasteiger partial charge in [0, 0.05) is 31.7 Å². The van der Waals surface area contributed by atoms with Crippen molar-refractivity contribution < 1.29 is 9.84 Å². The van der Waals surface area contributed by atoms with Crippen LogP contribution in [0.5, 0.6) is 0 Å². The number of aliphatic hydroxyl groups is 1. The summed E-state index contributed by atoms with van der Waals surface area (Å²) in [4.78, 5) is 0. The zero-order valence-electron chi connectivity index (χ0n) is 9.71. The summed E-state index contributed by atoms with van der Waals surface area (Å²) >= 11 is 0. The maximum atomic E-state index is 8.90. The number of nitrogens with one attached hydrogen (secondary N) is 1. The summed E-state index contributed by atoms with van der Waals surface area (Å²) in [7, 11) is 1.78. The van der Waals surface area contributed by atoms with Gasteiger partial charge in [-0.3, -0.25) is 0 Å². The molecule has 3 unspecified atom stereocenters. The highest BCUT2D eigenvalue weighted by Gasteiger charge is 2.48. The predicted octanol–water partition coefficient (Wildman–Crippen LogP) is 1.02. The summed E-state index contributed by atoms with van der Waals surface area (Å²) < 4.78 is 5.38.